The molecule has 2 heterocycles. The first kappa shape index (κ1) is 10.7. The molecule has 2 aromatic rings. The lowest BCUT2D eigenvalue weighted by Crippen LogP contribution is -2.13. The molecule has 0 saturated carbocycles. The second kappa shape index (κ2) is 3.64. The zero-order valence-corrected chi connectivity index (χ0v) is 9.19. The number of hydrogen-bond donors (Lipinski definition) is 3. The number of nitrogens with two attached hydrogens (primary N) is 1. The summed E-state index contributed by atoms with van der Waals surface area (Å²) in [4.78, 5) is 18.2. The van der Waals surface area contributed by atoms with Crippen molar-refractivity contribution in [3.05, 3.63) is 22.1 Å². The average Bonchev–Trinajstić information content (AvgIpc) is 2.56. The molecule has 0 radical (unpaired) electrons. The zero-order chi connectivity index (χ0) is 11.9. The van der Waals surface area contributed by atoms with Crippen molar-refractivity contribution < 1.29 is 5.11 Å². The van der Waals surface area contributed by atoms with Crippen molar-refractivity contribution in [2.45, 2.75) is 26.5 Å². The summed E-state index contributed by atoms with van der Waals surface area (Å²) in [5.41, 5.74) is 6.27. The predicted molar refractivity (Wildman–Crippen MR) is 61.1 cm³/mol. The highest BCUT2D eigenvalue weighted by atomic mass is 16.3. The van der Waals surface area contributed by atoms with Gasteiger partial charge in [-0.3, -0.25) is 9.78 Å². The molecule has 2 rings (SSSR count). The normalized spacial score (nSPS) is 11.5. The van der Waals surface area contributed by atoms with Crippen LogP contribution in [0.15, 0.2) is 11.0 Å². The van der Waals surface area contributed by atoms with Gasteiger partial charge in [-0.1, -0.05) is 0 Å². The number of aliphatic hydroxyl groups is 1. The van der Waals surface area contributed by atoms with Gasteiger partial charge in [0.15, 0.2) is 0 Å². The summed E-state index contributed by atoms with van der Waals surface area (Å²) in [5, 5.41) is 9.61. The molecular formula is C10H14N4O2. The van der Waals surface area contributed by atoms with Crippen LogP contribution in [0.5, 0.6) is 0 Å². The number of nitrogens with zero attached hydrogens (tertiary/aromatic N) is 2. The van der Waals surface area contributed by atoms with E-state index in [1.54, 1.807) is 6.20 Å². The lowest BCUT2D eigenvalue weighted by Gasteiger charge is -2.07. The number of fused-ring (bicyclic) bond motifs is 1. The van der Waals surface area contributed by atoms with Gasteiger partial charge in [0.25, 0.3) is 5.56 Å². The minimum Gasteiger partial charge on any atom is -0.392 e. The Labute approximate surface area is 91.7 Å². The van der Waals surface area contributed by atoms with Crippen molar-refractivity contribution in [1.82, 2.24) is 14.5 Å². The van der Waals surface area contributed by atoms with Crippen LogP contribution in [0.4, 0.5) is 5.95 Å². The smallest absolute Gasteiger partial charge is 0.262 e. The fraction of sp³-hybridized carbons (Fsp3) is 0.400. The lowest BCUT2D eigenvalue weighted by molar-refractivity contribution is 0.283. The molecule has 0 aromatic carbocycles. The van der Waals surface area contributed by atoms with E-state index in [1.807, 2.05) is 18.4 Å². The third-order valence-corrected chi connectivity index (χ3v) is 2.51. The molecule has 0 amide bonds. The maximum absolute atomic E-state index is 11.7. The van der Waals surface area contributed by atoms with Crippen LogP contribution in [-0.2, 0) is 6.61 Å². The Morgan fingerprint density at radius 3 is 2.88 bits per heavy atom. The Balaban J connectivity index is 2.90. The number of aromatic nitrogens is 3. The fourth-order valence-corrected chi connectivity index (χ4v) is 1.76. The Morgan fingerprint density at radius 1 is 1.62 bits per heavy atom. The monoisotopic (exact) mass is 222 g/mol. The van der Waals surface area contributed by atoms with E-state index < -0.39 is 0 Å². The number of rotatable bonds is 2. The van der Waals surface area contributed by atoms with E-state index >= 15 is 0 Å². The molecule has 0 bridgehead atoms. The van der Waals surface area contributed by atoms with Gasteiger partial charge in [-0.25, -0.2) is 0 Å². The van der Waals surface area contributed by atoms with Gasteiger partial charge in [0.1, 0.15) is 5.65 Å². The van der Waals surface area contributed by atoms with Crippen LogP contribution in [0.3, 0.4) is 0 Å². The minimum atomic E-state index is -0.314. The molecule has 0 atom stereocenters. The van der Waals surface area contributed by atoms with Gasteiger partial charge in [-0.2, -0.15) is 4.98 Å². The maximum Gasteiger partial charge on any atom is 0.262 e. The number of H-pyrrole nitrogens is 1. The average molecular weight is 222 g/mol. The maximum atomic E-state index is 11.7. The number of anilines is 1. The van der Waals surface area contributed by atoms with Crippen LogP contribution in [-0.4, -0.2) is 19.6 Å². The Bertz CT molecular complexity index is 582. The van der Waals surface area contributed by atoms with E-state index in [0.29, 0.717) is 16.6 Å². The van der Waals surface area contributed by atoms with Crippen molar-refractivity contribution >= 4 is 17.0 Å². The molecule has 6 heteroatoms. The quantitative estimate of drug-likeness (QED) is 0.684. The third-order valence-electron chi connectivity index (χ3n) is 2.51. The molecule has 86 valence electrons. The van der Waals surface area contributed by atoms with Gasteiger partial charge in [-0.05, 0) is 13.8 Å². The summed E-state index contributed by atoms with van der Waals surface area (Å²) in [6.07, 6.45) is 1.73. The Kier molecular flexibility index (Phi) is 2.43. The molecule has 0 aliphatic heterocycles. The molecule has 0 aliphatic carbocycles. The van der Waals surface area contributed by atoms with E-state index in [-0.39, 0.29) is 24.2 Å². The molecule has 2 aromatic heterocycles. The summed E-state index contributed by atoms with van der Waals surface area (Å²) in [6.45, 7) is 3.75. The summed E-state index contributed by atoms with van der Waals surface area (Å²) in [6, 6.07) is 0.150. The van der Waals surface area contributed by atoms with Crippen molar-refractivity contribution in [1.29, 1.82) is 0 Å². The van der Waals surface area contributed by atoms with Crippen LogP contribution in [0.2, 0.25) is 0 Å². The molecule has 0 spiro atoms. The van der Waals surface area contributed by atoms with Gasteiger partial charge in [-0.15, -0.1) is 0 Å². The van der Waals surface area contributed by atoms with E-state index in [0.717, 1.165) is 0 Å². The Hall–Kier alpha value is -1.82. The van der Waals surface area contributed by atoms with Gasteiger partial charge >= 0.3 is 0 Å². The van der Waals surface area contributed by atoms with Crippen LogP contribution in [0.25, 0.3) is 11.0 Å². The molecule has 16 heavy (non-hydrogen) atoms. The van der Waals surface area contributed by atoms with E-state index in [2.05, 4.69) is 9.97 Å². The minimum absolute atomic E-state index is 0.0852. The summed E-state index contributed by atoms with van der Waals surface area (Å²) in [7, 11) is 0. The predicted octanol–water partition coefficient (Wildman–Crippen LogP) is 0.380. The molecule has 0 fully saturated rings. The first-order valence-corrected chi connectivity index (χ1v) is 5.04. The molecule has 0 saturated heterocycles. The highest BCUT2D eigenvalue weighted by molar-refractivity contribution is 5.80. The number of nitrogens with one attached hydrogen (secondary N) is 1. The topological polar surface area (TPSA) is 96.9 Å². The molecule has 4 N–H and O–H groups in total. The highest BCUT2D eigenvalue weighted by Crippen LogP contribution is 2.20. The van der Waals surface area contributed by atoms with Gasteiger partial charge < -0.3 is 15.4 Å². The van der Waals surface area contributed by atoms with Crippen LogP contribution < -0.4 is 11.3 Å². The molecule has 0 aliphatic rings. The van der Waals surface area contributed by atoms with E-state index in [1.165, 1.54) is 0 Å². The van der Waals surface area contributed by atoms with Crippen LogP contribution >= 0.6 is 0 Å². The first-order valence-electron chi connectivity index (χ1n) is 5.04. The van der Waals surface area contributed by atoms with Crippen LogP contribution in [0.1, 0.15) is 25.5 Å². The van der Waals surface area contributed by atoms with Crippen molar-refractivity contribution in [2.24, 2.45) is 0 Å². The lowest BCUT2D eigenvalue weighted by atomic mass is 10.2. The summed E-state index contributed by atoms with van der Waals surface area (Å²) in [5.74, 6) is 0.0852. The van der Waals surface area contributed by atoms with Crippen molar-refractivity contribution in [3.63, 3.8) is 0 Å². The van der Waals surface area contributed by atoms with Gasteiger partial charge in [0.05, 0.1) is 12.0 Å². The molecule has 0 unspecified atom stereocenters. The second-order valence-electron chi connectivity index (χ2n) is 3.96. The number of aliphatic hydroxyl groups excluding tert-OH is 1. The second-order valence-corrected chi connectivity index (χ2v) is 3.96. The molecular weight excluding hydrogens is 208 g/mol. The summed E-state index contributed by atoms with van der Waals surface area (Å²) < 4.78 is 1.83. The third kappa shape index (κ3) is 1.47. The van der Waals surface area contributed by atoms with Crippen LogP contribution in [0, 0.1) is 0 Å². The van der Waals surface area contributed by atoms with Gasteiger partial charge in [0, 0.05) is 17.8 Å². The Morgan fingerprint density at radius 2 is 2.31 bits per heavy atom. The van der Waals surface area contributed by atoms with E-state index in [9.17, 15) is 9.90 Å². The largest absolute Gasteiger partial charge is 0.392 e. The summed E-state index contributed by atoms with van der Waals surface area (Å²) >= 11 is 0. The standard InChI is InChI=1S/C10H14N4O2/c1-5(2)14-3-6(4-15)7-8(14)12-10(11)13-9(7)16/h3,5,15H,4H2,1-2H3,(H3,11,12,13,16). The number of aromatic amines is 1. The van der Waals surface area contributed by atoms with Gasteiger partial charge in [0.2, 0.25) is 5.95 Å². The SMILES string of the molecule is CC(C)n1cc(CO)c2c(=O)[nH]c(N)nc21. The fourth-order valence-electron chi connectivity index (χ4n) is 1.76. The number of nitrogen functional groups attached to an aromatic ring is 1. The van der Waals surface area contributed by atoms with Crippen molar-refractivity contribution in [2.75, 3.05) is 5.73 Å². The molecule has 6 nitrogen and oxygen atoms in total. The van der Waals surface area contributed by atoms with E-state index in [4.69, 9.17) is 5.73 Å². The zero-order valence-electron chi connectivity index (χ0n) is 9.19. The number of hydrogen-bond acceptors (Lipinski definition) is 4. The van der Waals surface area contributed by atoms with Crippen molar-refractivity contribution in [3.8, 4) is 0 Å². The first-order chi connectivity index (χ1) is 7.54. The highest BCUT2D eigenvalue weighted by Gasteiger charge is 2.14.